The van der Waals surface area contributed by atoms with E-state index in [0.717, 1.165) is 11.1 Å². The van der Waals surface area contributed by atoms with E-state index in [4.69, 9.17) is 4.74 Å². The normalized spacial score (nSPS) is 15.8. The molecule has 0 atom stereocenters. The van der Waals surface area contributed by atoms with Gasteiger partial charge in [-0.3, -0.25) is 4.79 Å². The van der Waals surface area contributed by atoms with Crippen molar-refractivity contribution in [3.63, 3.8) is 0 Å². The lowest BCUT2D eigenvalue weighted by Crippen LogP contribution is -2.40. The summed E-state index contributed by atoms with van der Waals surface area (Å²) >= 11 is 0. The molecule has 140 valence electrons. The molecule has 0 bridgehead atoms. The molecule has 0 saturated carbocycles. The summed E-state index contributed by atoms with van der Waals surface area (Å²) in [7, 11) is -1.92. The number of benzene rings is 1. The topological polar surface area (TPSA) is 82.7 Å². The van der Waals surface area contributed by atoms with Crippen LogP contribution in [0.15, 0.2) is 41.4 Å². The SMILES string of the molecule is Cc1ccc(CN(C)C(=O)c2cc(S(=O)(=O)N3CCOCC3)c[nH]2)cc1. The Bertz CT molecular complexity index is 868. The van der Waals surface area contributed by atoms with Gasteiger partial charge in [-0.25, -0.2) is 8.42 Å². The van der Waals surface area contributed by atoms with Crippen LogP contribution in [-0.4, -0.2) is 61.9 Å². The van der Waals surface area contributed by atoms with Gasteiger partial charge in [-0.2, -0.15) is 4.31 Å². The zero-order valence-corrected chi connectivity index (χ0v) is 15.8. The number of ether oxygens (including phenoxy) is 1. The number of aromatic amines is 1. The second-order valence-corrected chi connectivity index (χ2v) is 8.35. The highest BCUT2D eigenvalue weighted by Gasteiger charge is 2.28. The molecule has 2 aromatic rings. The first-order chi connectivity index (χ1) is 12.4. The molecule has 1 aliphatic rings. The Morgan fingerprint density at radius 3 is 2.54 bits per heavy atom. The Kier molecular flexibility index (Phi) is 5.45. The van der Waals surface area contributed by atoms with Gasteiger partial charge in [-0.15, -0.1) is 0 Å². The maximum Gasteiger partial charge on any atom is 0.270 e. The van der Waals surface area contributed by atoms with E-state index in [1.807, 2.05) is 31.2 Å². The van der Waals surface area contributed by atoms with Crippen molar-refractivity contribution in [1.82, 2.24) is 14.2 Å². The van der Waals surface area contributed by atoms with Crippen LogP contribution in [0.25, 0.3) is 0 Å². The number of aromatic nitrogens is 1. The Morgan fingerprint density at radius 2 is 1.88 bits per heavy atom. The predicted octanol–water partition coefficient (Wildman–Crippen LogP) is 1.62. The van der Waals surface area contributed by atoms with Crippen LogP contribution in [0.1, 0.15) is 21.6 Å². The number of carbonyl (C=O) groups excluding carboxylic acids is 1. The number of amides is 1. The zero-order valence-electron chi connectivity index (χ0n) is 14.9. The van der Waals surface area contributed by atoms with Crippen LogP contribution >= 0.6 is 0 Å². The molecule has 1 N–H and O–H groups in total. The average Bonchev–Trinajstić information content (AvgIpc) is 3.14. The average molecular weight is 377 g/mol. The minimum atomic E-state index is -3.61. The number of nitrogens with one attached hydrogen (secondary N) is 1. The highest BCUT2D eigenvalue weighted by Crippen LogP contribution is 2.19. The van der Waals surface area contributed by atoms with Crippen molar-refractivity contribution in [1.29, 1.82) is 0 Å². The highest BCUT2D eigenvalue weighted by molar-refractivity contribution is 7.89. The van der Waals surface area contributed by atoms with Crippen LogP contribution in [0.3, 0.4) is 0 Å². The number of sulfonamides is 1. The van der Waals surface area contributed by atoms with Crippen LogP contribution in [0, 0.1) is 6.92 Å². The van der Waals surface area contributed by atoms with E-state index < -0.39 is 10.0 Å². The van der Waals surface area contributed by atoms with Gasteiger partial charge in [0.1, 0.15) is 10.6 Å². The molecule has 8 heteroatoms. The van der Waals surface area contributed by atoms with E-state index >= 15 is 0 Å². The first-order valence-electron chi connectivity index (χ1n) is 8.45. The Morgan fingerprint density at radius 1 is 1.23 bits per heavy atom. The highest BCUT2D eigenvalue weighted by atomic mass is 32.2. The summed E-state index contributed by atoms with van der Waals surface area (Å²) in [5, 5.41) is 0. The van der Waals surface area contributed by atoms with Gasteiger partial charge in [0.15, 0.2) is 0 Å². The fourth-order valence-corrected chi connectivity index (χ4v) is 4.23. The number of hydrogen-bond donors (Lipinski definition) is 1. The molecule has 2 heterocycles. The summed E-state index contributed by atoms with van der Waals surface area (Å²) < 4.78 is 31.9. The lowest BCUT2D eigenvalue weighted by Gasteiger charge is -2.25. The molecular formula is C18H23N3O4S. The molecule has 3 rings (SSSR count). The molecule has 1 amide bonds. The van der Waals surface area contributed by atoms with E-state index in [0.29, 0.717) is 32.8 Å². The van der Waals surface area contributed by atoms with Crippen LogP contribution in [-0.2, 0) is 21.3 Å². The van der Waals surface area contributed by atoms with Gasteiger partial charge >= 0.3 is 0 Å². The molecule has 0 aliphatic carbocycles. The number of morpholine rings is 1. The monoisotopic (exact) mass is 377 g/mol. The standard InChI is InChI=1S/C18H23N3O4S/c1-14-3-5-15(6-4-14)13-20(2)18(22)17-11-16(12-19-17)26(23,24)21-7-9-25-10-8-21/h3-6,11-12,19H,7-10,13H2,1-2H3. The number of rotatable bonds is 5. The zero-order chi connectivity index (χ0) is 18.7. The van der Waals surface area contributed by atoms with Crippen molar-refractivity contribution >= 4 is 15.9 Å². The van der Waals surface area contributed by atoms with Crippen LogP contribution < -0.4 is 0 Å². The van der Waals surface area contributed by atoms with E-state index in [-0.39, 0.29) is 16.5 Å². The quantitative estimate of drug-likeness (QED) is 0.858. The number of nitrogens with zero attached hydrogens (tertiary/aromatic N) is 2. The molecule has 1 saturated heterocycles. The van der Waals surface area contributed by atoms with Crippen molar-refractivity contribution in [3.05, 3.63) is 53.3 Å². The second-order valence-electron chi connectivity index (χ2n) is 6.41. The molecule has 1 aliphatic heterocycles. The van der Waals surface area contributed by atoms with Crippen molar-refractivity contribution in [2.75, 3.05) is 33.4 Å². The summed E-state index contributed by atoms with van der Waals surface area (Å²) in [4.78, 5) is 17.1. The summed E-state index contributed by atoms with van der Waals surface area (Å²) in [5.41, 5.74) is 2.43. The van der Waals surface area contributed by atoms with Gasteiger partial charge in [0, 0.05) is 32.9 Å². The molecule has 1 aromatic carbocycles. The van der Waals surface area contributed by atoms with Crippen molar-refractivity contribution in [3.8, 4) is 0 Å². The molecule has 1 aromatic heterocycles. The molecule has 1 fully saturated rings. The first kappa shape index (κ1) is 18.6. The predicted molar refractivity (Wildman–Crippen MR) is 97.3 cm³/mol. The number of carbonyl (C=O) groups is 1. The number of H-pyrrole nitrogens is 1. The van der Waals surface area contributed by atoms with Crippen molar-refractivity contribution in [2.24, 2.45) is 0 Å². The van der Waals surface area contributed by atoms with E-state index in [2.05, 4.69) is 4.98 Å². The largest absolute Gasteiger partial charge is 0.379 e. The fraction of sp³-hybridized carbons (Fsp3) is 0.389. The third-order valence-corrected chi connectivity index (χ3v) is 6.26. The maximum absolute atomic E-state index is 12.6. The summed E-state index contributed by atoms with van der Waals surface area (Å²) in [6.45, 7) is 3.87. The molecule has 0 unspecified atom stereocenters. The summed E-state index contributed by atoms with van der Waals surface area (Å²) in [6.07, 6.45) is 1.37. The van der Waals surface area contributed by atoms with Crippen LogP contribution in [0.2, 0.25) is 0 Å². The fourth-order valence-electron chi connectivity index (χ4n) is 2.83. The van der Waals surface area contributed by atoms with Crippen LogP contribution in [0.4, 0.5) is 0 Å². The molecule has 7 nitrogen and oxygen atoms in total. The summed E-state index contributed by atoms with van der Waals surface area (Å²) in [5.74, 6) is -0.256. The lowest BCUT2D eigenvalue weighted by atomic mass is 10.1. The van der Waals surface area contributed by atoms with Crippen molar-refractivity contribution in [2.45, 2.75) is 18.4 Å². The Labute approximate surface area is 153 Å². The van der Waals surface area contributed by atoms with E-state index in [9.17, 15) is 13.2 Å². The van der Waals surface area contributed by atoms with E-state index in [1.165, 1.54) is 16.6 Å². The number of hydrogen-bond acceptors (Lipinski definition) is 4. The lowest BCUT2D eigenvalue weighted by molar-refractivity contribution is 0.0730. The Hall–Kier alpha value is -2.16. The Balaban J connectivity index is 1.71. The van der Waals surface area contributed by atoms with Gasteiger partial charge in [-0.1, -0.05) is 29.8 Å². The van der Waals surface area contributed by atoms with Crippen molar-refractivity contribution < 1.29 is 17.9 Å². The smallest absolute Gasteiger partial charge is 0.270 e. The van der Waals surface area contributed by atoms with Gasteiger partial charge in [0.2, 0.25) is 10.0 Å². The molecule has 26 heavy (non-hydrogen) atoms. The minimum absolute atomic E-state index is 0.103. The third kappa shape index (κ3) is 3.98. The second kappa shape index (κ2) is 7.61. The summed E-state index contributed by atoms with van der Waals surface area (Å²) in [6, 6.07) is 9.34. The molecular weight excluding hydrogens is 354 g/mol. The van der Waals surface area contributed by atoms with Crippen LogP contribution in [0.5, 0.6) is 0 Å². The third-order valence-electron chi connectivity index (χ3n) is 4.38. The molecule has 0 radical (unpaired) electrons. The van der Waals surface area contributed by atoms with Gasteiger partial charge in [-0.05, 0) is 18.6 Å². The van der Waals surface area contributed by atoms with Gasteiger partial charge in [0.25, 0.3) is 5.91 Å². The first-order valence-corrected chi connectivity index (χ1v) is 9.89. The molecule has 0 spiro atoms. The minimum Gasteiger partial charge on any atom is -0.379 e. The van der Waals surface area contributed by atoms with Gasteiger partial charge < -0.3 is 14.6 Å². The van der Waals surface area contributed by atoms with E-state index in [1.54, 1.807) is 11.9 Å². The number of aryl methyl sites for hydroxylation is 1. The van der Waals surface area contributed by atoms with Gasteiger partial charge in [0.05, 0.1) is 13.2 Å². The maximum atomic E-state index is 12.6.